The molecular weight excluding hydrogens is 346 g/mol. The van der Waals surface area contributed by atoms with Crippen molar-refractivity contribution in [1.29, 1.82) is 0 Å². The van der Waals surface area contributed by atoms with Gasteiger partial charge in [0.15, 0.2) is 11.2 Å². The van der Waals surface area contributed by atoms with E-state index < -0.39 is 0 Å². The first kappa shape index (κ1) is 16.7. The summed E-state index contributed by atoms with van der Waals surface area (Å²) in [6, 6.07) is 13.7. The van der Waals surface area contributed by atoms with E-state index in [4.69, 9.17) is 0 Å². The highest BCUT2D eigenvalue weighted by atomic mass is 32.1. The minimum atomic E-state index is -0.0455. The van der Waals surface area contributed by atoms with Crippen LogP contribution in [-0.4, -0.2) is 28.4 Å². The largest absolute Gasteiger partial charge is 0.618 e. The molecule has 0 spiro atoms. The van der Waals surface area contributed by atoms with Gasteiger partial charge in [-0.3, -0.25) is 4.79 Å². The molecule has 6 heteroatoms. The Morgan fingerprint density at radius 3 is 2.73 bits per heavy atom. The topological polar surface area (TPSA) is 60.1 Å². The number of carbonyl (C=O) groups is 1. The first-order chi connectivity index (χ1) is 12.6. The quantitative estimate of drug-likeness (QED) is 0.525. The standard InChI is InChI=1S/C20H19N3O2S/c1-14-6-5-11-22(14)20(24)17-13-26-19(21-17)18-10-9-16(12-23(18)25)15-7-3-2-4-8-15/h2-4,7-10,12-14H,5-6,11H2,1H3. The fraction of sp³-hybridized carbons (Fsp3) is 0.250. The average Bonchev–Trinajstić information content (AvgIpc) is 3.31. The highest BCUT2D eigenvalue weighted by molar-refractivity contribution is 7.13. The number of pyridine rings is 1. The Hall–Kier alpha value is -2.73. The maximum Gasteiger partial charge on any atom is 0.273 e. The van der Waals surface area contributed by atoms with E-state index in [9.17, 15) is 10.0 Å². The predicted molar refractivity (Wildman–Crippen MR) is 102 cm³/mol. The zero-order valence-electron chi connectivity index (χ0n) is 14.5. The number of aromatic nitrogens is 2. The Morgan fingerprint density at radius 1 is 1.23 bits per heavy atom. The summed E-state index contributed by atoms with van der Waals surface area (Å²) in [5, 5.41) is 14.8. The Balaban J connectivity index is 1.60. The summed E-state index contributed by atoms with van der Waals surface area (Å²) >= 11 is 1.33. The summed E-state index contributed by atoms with van der Waals surface area (Å²) in [6.07, 6.45) is 3.62. The van der Waals surface area contributed by atoms with Crippen LogP contribution in [0.15, 0.2) is 54.0 Å². The van der Waals surface area contributed by atoms with Crippen LogP contribution in [0.1, 0.15) is 30.3 Å². The van der Waals surface area contributed by atoms with E-state index in [1.54, 1.807) is 17.6 Å². The number of rotatable bonds is 3. The third kappa shape index (κ3) is 3.08. The van der Waals surface area contributed by atoms with Crippen molar-refractivity contribution in [3.8, 4) is 21.8 Å². The van der Waals surface area contributed by atoms with Crippen molar-refractivity contribution in [3.63, 3.8) is 0 Å². The van der Waals surface area contributed by atoms with Gasteiger partial charge in [0.2, 0.25) is 0 Å². The Morgan fingerprint density at radius 2 is 2.04 bits per heavy atom. The molecule has 0 radical (unpaired) electrons. The van der Waals surface area contributed by atoms with Gasteiger partial charge in [-0.1, -0.05) is 30.3 Å². The van der Waals surface area contributed by atoms with Crippen LogP contribution in [0.5, 0.6) is 0 Å². The molecule has 0 saturated carbocycles. The molecule has 1 aliphatic rings. The first-order valence-corrected chi connectivity index (χ1v) is 9.57. The molecule has 5 nitrogen and oxygen atoms in total. The van der Waals surface area contributed by atoms with Crippen LogP contribution in [0.2, 0.25) is 0 Å². The lowest BCUT2D eigenvalue weighted by molar-refractivity contribution is -0.593. The van der Waals surface area contributed by atoms with Crippen LogP contribution < -0.4 is 4.73 Å². The lowest BCUT2D eigenvalue weighted by Gasteiger charge is -2.19. The van der Waals surface area contributed by atoms with Gasteiger partial charge in [-0.25, -0.2) is 4.98 Å². The number of carbonyl (C=O) groups excluding carboxylic acids is 1. The molecule has 1 saturated heterocycles. The van der Waals surface area contributed by atoms with Crippen LogP contribution in [0.25, 0.3) is 21.8 Å². The molecule has 1 unspecified atom stereocenters. The smallest absolute Gasteiger partial charge is 0.273 e. The molecule has 1 aliphatic heterocycles. The summed E-state index contributed by atoms with van der Waals surface area (Å²) in [5.74, 6) is -0.0455. The van der Waals surface area contributed by atoms with Crippen LogP contribution in [0.4, 0.5) is 0 Å². The van der Waals surface area contributed by atoms with Gasteiger partial charge in [-0.05, 0) is 31.4 Å². The minimum Gasteiger partial charge on any atom is -0.618 e. The van der Waals surface area contributed by atoms with Crippen molar-refractivity contribution in [2.45, 2.75) is 25.8 Å². The number of likely N-dealkylation sites (tertiary alicyclic amines) is 1. The van der Waals surface area contributed by atoms with Crippen molar-refractivity contribution in [2.75, 3.05) is 6.54 Å². The molecule has 1 atom stereocenters. The molecule has 1 fully saturated rings. The normalized spacial score (nSPS) is 16.8. The molecule has 1 aromatic carbocycles. The van der Waals surface area contributed by atoms with Crippen molar-refractivity contribution < 1.29 is 9.52 Å². The highest BCUT2D eigenvalue weighted by Crippen LogP contribution is 2.26. The van der Waals surface area contributed by atoms with Gasteiger partial charge in [0.1, 0.15) is 5.69 Å². The van der Waals surface area contributed by atoms with Gasteiger partial charge < -0.3 is 10.1 Å². The lowest BCUT2D eigenvalue weighted by Crippen LogP contribution is -2.33. The number of hydrogen-bond acceptors (Lipinski definition) is 4. The molecule has 26 heavy (non-hydrogen) atoms. The maximum atomic E-state index is 12.6. The van der Waals surface area contributed by atoms with Crippen LogP contribution in [0, 0.1) is 5.21 Å². The Labute approximate surface area is 156 Å². The molecular formula is C20H19N3O2S. The monoisotopic (exact) mass is 365 g/mol. The molecule has 2 aromatic heterocycles. The van der Waals surface area contributed by atoms with Crippen LogP contribution in [0.3, 0.4) is 0 Å². The Bertz CT molecular complexity index is 939. The summed E-state index contributed by atoms with van der Waals surface area (Å²) in [4.78, 5) is 18.9. The van der Waals surface area contributed by atoms with Crippen molar-refractivity contribution in [3.05, 3.63) is 64.9 Å². The minimum absolute atomic E-state index is 0.0455. The van der Waals surface area contributed by atoms with Crippen LogP contribution >= 0.6 is 11.3 Å². The first-order valence-electron chi connectivity index (χ1n) is 8.69. The van der Waals surface area contributed by atoms with Gasteiger partial charge >= 0.3 is 0 Å². The van der Waals surface area contributed by atoms with E-state index in [2.05, 4.69) is 11.9 Å². The third-order valence-electron chi connectivity index (χ3n) is 4.78. The molecule has 0 aliphatic carbocycles. The highest BCUT2D eigenvalue weighted by Gasteiger charge is 2.28. The maximum absolute atomic E-state index is 12.6. The van der Waals surface area contributed by atoms with Gasteiger partial charge in [0.25, 0.3) is 11.6 Å². The average molecular weight is 365 g/mol. The number of amides is 1. The van der Waals surface area contributed by atoms with Gasteiger partial charge in [0.05, 0.1) is 0 Å². The van der Waals surface area contributed by atoms with Crippen molar-refractivity contribution in [2.24, 2.45) is 0 Å². The van der Waals surface area contributed by atoms with Gasteiger partial charge in [-0.15, -0.1) is 11.3 Å². The fourth-order valence-electron chi connectivity index (χ4n) is 3.32. The van der Waals surface area contributed by atoms with Gasteiger partial charge in [-0.2, -0.15) is 4.73 Å². The molecule has 1 amide bonds. The second kappa shape index (κ2) is 6.88. The number of thiazole rings is 1. The van der Waals surface area contributed by atoms with E-state index in [1.165, 1.54) is 11.3 Å². The fourth-order valence-corrected chi connectivity index (χ4v) is 4.13. The van der Waals surface area contributed by atoms with Crippen LogP contribution in [-0.2, 0) is 0 Å². The molecule has 3 aromatic rings. The van der Waals surface area contributed by atoms with E-state index in [0.29, 0.717) is 16.4 Å². The SMILES string of the molecule is CC1CCCN1C(=O)c1csc(-c2ccc(-c3ccccc3)c[n+]2[O-])n1. The molecule has 4 rings (SSSR count). The number of hydrogen-bond donors (Lipinski definition) is 0. The Kier molecular flexibility index (Phi) is 4.42. The van der Waals surface area contributed by atoms with Crippen molar-refractivity contribution >= 4 is 17.2 Å². The second-order valence-corrected chi connectivity index (χ2v) is 7.38. The summed E-state index contributed by atoms with van der Waals surface area (Å²) in [5.41, 5.74) is 2.72. The number of benzene rings is 1. The number of nitrogens with zero attached hydrogens (tertiary/aromatic N) is 3. The predicted octanol–water partition coefficient (Wildman–Crippen LogP) is 3.74. The van der Waals surface area contributed by atoms with E-state index in [0.717, 1.165) is 35.2 Å². The zero-order valence-corrected chi connectivity index (χ0v) is 15.3. The van der Waals surface area contributed by atoms with E-state index >= 15 is 0 Å². The lowest BCUT2D eigenvalue weighted by atomic mass is 10.1. The van der Waals surface area contributed by atoms with E-state index in [-0.39, 0.29) is 11.9 Å². The molecule has 0 N–H and O–H groups in total. The molecule has 132 valence electrons. The summed E-state index contributed by atoms with van der Waals surface area (Å²) < 4.78 is 0.827. The molecule has 3 heterocycles. The molecule has 0 bridgehead atoms. The zero-order chi connectivity index (χ0) is 18.1. The third-order valence-corrected chi connectivity index (χ3v) is 5.64. The summed E-state index contributed by atoms with van der Waals surface area (Å²) in [6.45, 7) is 2.84. The van der Waals surface area contributed by atoms with Crippen molar-refractivity contribution in [1.82, 2.24) is 9.88 Å². The summed E-state index contributed by atoms with van der Waals surface area (Å²) in [7, 11) is 0. The van der Waals surface area contributed by atoms with Gasteiger partial charge in [0, 0.05) is 29.6 Å². The second-order valence-electron chi connectivity index (χ2n) is 6.52. The van der Waals surface area contributed by atoms with E-state index in [1.807, 2.05) is 41.3 Å².